The largest absolute Gasteiger partial charge is 0.489 e. The van der Waals surface area contributed by atoms with E-state index in [2.05, 4.69) is 0 Å². The van der Waals surface area contributed by atoms with E-state index in [0.29, 0.717) is 22.6 Å². The number of benzene rings is 2. The SMILES string of the molecule is Cc1cc(OCc2cc(C#N)ccc2F)ccc1N. The molecule has 0 unspecified atom stereocenters. The number of nitrogens with two attached hydrogens (primary N) is 1. The second kappa shape index (κ2) is 5.40. The van der Waals surface area contributed by atoms with Crippen LogP contribution in [-0.4, -0.2) is 0 Å². The molecule has 0 saturated carbocycles. The van der Waals surface area contributed by atoms with Crippen molar-refractivity contribution in [2.24, 2.45) is 0 Å². The summed E-state index contributed by atoms with van der Waals surface area (Å²) < 4.78 is 19.0. The molecule has 0 atom stereocenters. The van der Waals surface area contributed by atoms with Crippen LogP contribution in [0.5, 0.6) is 5.75 Å². The number of rotatable bonds is 3. The Morgan fingerprint density at radius 3 is 2.74 bits per heavy atom. The zero-order chi connectivity index (χ0) is 13.8. The lowest BCUT2D eigenvalue weighted by atomic mass is 10.1. The summed E-state index contributed by atoms with van der Waals surface area (Å²) in [7, 11) is 0. The second-order valence-electron chi connectivity index (χ2n) is 4.23. The molecule has 0 aromatic heterocycles. The van der Waals surface area contributed by atoms with Crippen molar-refractivity contribution in [3.8, 4) is 11.8 Å². The summed E-state index contributed by atoms with van der Waals surface area (Å²) >= 11 is 0. The fraction of sp³-hybridized carbons (Fsp3) is 0.133. The van der Waals surface area contributed by atoms with E-state index in [4.69, 9.17) is 15.7 Å². The molecule has 96 valence electrons. The van der Waals surface area contributed by atoms with E-state index in [1.54, 1.807) is 18.2 Å². The maximum atomic E-state index is 13.5. The highest BCUT2D eigenvalue weighted by Gasteiger charge is 2.05. The van der Waals surface area contributed by atoms with Crippen molar-refractivity contribution in [1.29, 1.82) is 5.26 Å². The Balaban J connectivity index is 2.14. The highest BCUT2D eigenvalue weighted by Crippen LogP contribution is 2.20. The first-order valence-corrected chi connectivity index (χ1v) is 5.77. The summed E-state index contributed by atoms with van der Waals surface area (Å²) in [6.07, 6.45) is 0. The number of aryl methyl sites for hydroxylation is 1. The van der Waals surface area contributed by atoms with Crippen LogP contribution in [0.3, 0.4) is 0 Å². The van der Waals surface area contributed by atoms with E-state index >= 15 is 0 Å². The Morgan fingerprint density at radius 2 is 2.05 bits per heavy atom. The lowest BCUT2D eigenvalue weighted by Gasteiger charge is -2.09. The van der Waals surface area contributed by atoms with Crippen molar-refractivity contribution in [3.05, 3.63) is 58.9 Å². The average molecular weight is 256 g/mol. The fourth-order valence-corrected chi connectivity index (χ4v) is 1.65. The van der Waals surface area contributed by atoms with Gasteiger partial charge in [-0.3, -0.25) is 0 Å². The second-order valence-corrected chi connectivity index (χ2v) is 4.23. The number of nitrogens with zero attached hydrogens (tertiary/aromatic N) is 1. The van der Waals surface area contributed by atoms with Crippen LogP contribution >= 0.6 is 0 Å². The first-order chi connectivity index (χ1) is 9.10. The number of nitriles is 1. The number of anilines is 1. The Bertz CT molecular complexity index is 647. The van der Waals surface area contributed by atoms with Crippen molar-refractivity contribution < 1.29 is 9.13 Å². The maximum absolute atomic E-state index is 13.5. The zero-order valence-corrected chi connectivity index (χ0v) is 10.5. The summed E-state index contributed by atoms with van der Waals surface area (Å²) in [5.74, 6) is 0.236. The number of halogens is 1. The van der Waals surface area contributed by atoms with Gasteiger partial charge in [-0.2, -0.15) is 5.26 Å². The Labute approximate surface area is 111 Å². The molecule has 19 heavy (non-hydrogen) atoms. The highest BCUT2D eigenvalue weighted by atomic mass is 19.1. The lowest BCUT2D eigenvalue weighted by Crippen LogP contribution is -2.00. The summed E-state index contributed by atoms with van der Waals surface area (Å²) in [6.45, 7) is 1.95. The van der Waals surface area contributed by atoms with Crippen LogP contribution in [0.1, 0.15) is 16.7 Å². The average Bonchev–Trinajstić information content (AvgIpc) is 2.41. The monoisotopic (exact) mass is 256 g/mol. The quantitative estimate of drug-likeness (QED) is 0.858. The summed E-state index contributed by atoms with van der Waals surface area (Å²) in [6, 6.07) is 11.4. The van der Waals surface area contributed by atoms with Crippen LogP contribution in [0.4, 0.5) is 10.1 Å². The zero-order valence-electron chi connectivity index (χ0n) is 10.5. The van der Waals surface area contributed by atoms with E-state index in [1.165, 1.54) is 18.2 Å². The maximum Gasteiger partial charge on any atom is 0.129 e. The summed E-state index contributed by atoms with van der Waals surface area (Å²) in [5.41, 5.74) is 8.06. The van der Waals surface area contributed by atoms with Gasteiger partial charge in [0.2, 0.25) is 0 Å². The van der Waals surface area contributed by atoms with Crippen LogP contribution in [-0.2, 0) is 6.61 Å². The van der Waals surface area contributed by atoms with Crippen molar-refractivity contribution in [2.45, 2.75) is 13.5 Å². The van der Waals surface area contributed by atoms with E-state index in [0.717, 1.165) is 5.56 Å². The van der Waals surface area contributed by atoms with Crippen molar-refractivity contribution in [3.63, 3.8) is 0 Å². The molecule has 0 saturated heterocycles. The van der Waals surface area contributed by atoms with Gasteiger partial charge in [-0.1, -0.05) is 0 Å². The van der Waals surface area contributed by atoms with Crippen LogP contribution in [0, 0.1) is 24.1 Å². The van der Waals surface area contributed by atoms with E-state index in [1.807, 2.05) is 13.0 Å². The predicted molar refractivity (Wildman–Crippen MR) is 71.0 cm³/mol. The summed E-state index contributed by atoms with van der Waals surface area (Å²) in [4.78, 5) is 0. The van der Waals surface area contributed by atoms with Crippen LogP contribution < -0.4 is 10.5 Å². The standard InChI is InChI=1S/C15H13FN2O/c1-10-6-13(3-5-15(10)18)19-9-12-7-11(8-17)2-4-14(12)16/h2-7H,9,18H2,1H3. The molecule has 0 fully saturated rings. The van der Waals surface area contributed by atoms with Gasteiger partial charge >= 0.3 is 0 Å². The molecule has 3 nitrogen and oxygen atoms in total. The molecule has 0 bridgehead atoms. The fourth-order valence-electron chi connectivity index (χ4n) is 1.65. The van der Waals surface area contributed by atoms with Crippen LogP contribution in [0.25, 0.3) is 0 Å². The van der Waals surface area contributed by atoms with Gasteiger partial charge in [-0.05, 0) is 48.9 Å². The van der Waals surface area contributed by atoms with Crippen LogP contribution in [0.2, 0.25) is 0 Å². The summed E-state index contributed by atoms with van der Waals surface area (Å²) in [5, 5.41) is 8.78. The molecule has 0 aliphatic heterocycles. The molecule has 0 radical (unpaired) electrons. The number of hydrogen-bond acceptors (Lipinski definition) is 3. The van der Waals surface area contributed by atoms with Gasteiger partial charge in [-0.15, -0.1) is 0 Å². The number of nitrogen functional groups attached to an aromatic ring is 1. The van der Waals surface area contributed by atoms with Gasteiger partial charge in [-0.25, -0.2) is 4.39 Å². The molecule has 2 aromatic rings. The van der Waals surface area contributed by atoms with Gasteiger partial charge in [0, 0.05) is 11.3 Å². The predicted octanol–water partition coefficient (Wildman–Crippen LogP) is 3.17. The van der Waals surface area contributed by atoms with Gasteiger partial charge in [0.15, 0.2) is 0 Å². The minimum atomic E-state index is -0.383. The molecule has 0 spiro atoms. The molecule has 0 aliphatic rings. The first-order valence-electron chi connectivity index (χ1n) is 5.77. The smallest absolute Gasteiger partial charge is 0.129 e. The van der Waals surface area contributed by atoms with Gasteiger partial charge in [0.25, 0.3) is 0 Å². The van der Waals surface area contributed by atoms with Crippen LogP contribution in [0.15, 0.2) is 36.4 Å². The minimum Gasteiger partial charge on any atom is -0.489 e. The van der Waals surface area contributed by atoms with Gasteiger partial charge in [0.1, 0.15) is 18.2 Å². The molecule has 0 aliphatic carbocycles. The Hall–Kier alpha value is -2.54. The molecule has 0 heterocycles. The molecule has 2 aromatic carbocycles. The van der Waals surface area contributed by atoms with Gasteiger partial charge in [0.05, 0.1) is 11.6 Å². The molecule has 2 rings (SSSR count). The van der Waals surface area contributed by atoms with E-state index in [9.17, 15) is 4.39 Å². The molecule has 0 amide bonds. The third kappa shape index (κ3) is 3.02. The molecular formula is C15H13FN2O. The molecule has 2 N–H and O–H groups in total. The van der Waals surface area contributed by atoms with Crippen molar-refractivity contribution >= 4 is 5.69 Å². The molecule has 4 heteroatoms. The Morgan fingerprint density at radius 1 is 1.26 bits per heavy atom. The minimum absolute atomic E-state index is 0.0741. The van der Waals surface area contributed by atoms with Crippen molar-refractivity contribution in [1.82, 2.24) is 0 Å². The number of hydrogen-bond donors (Lipinski definition) is 1. The van der Waals surface area contributed by atoms with E-state index < -0.39 is 0 Å². The molecular weight excluding hydrogens is 243 g/mol. The first kappa shape index (κ1) is 12.9. The third-order valence-electron chi connectivity index (χ3n) is 2.81. The Kier molecular flexibility index (Phi) is 3.67. The van der Waals surface area contributed by atoms with Gasteiger partial charge < -0.3 is 10.5 Å². The van der Waals surface area contributed by atoms with Crippen molar-refractivity contribution in [2.75, 3.05) is 5.73 Å². The highest BCUT2D eigenvalue weighted by molar-refractivity contribution is 5.49. The normalized spacial score (nSPS) is 9.95. The lowest BCUT2D eigenvalue weighted by molar-refractivity contribution is 0.299. The third-order valence-corrected chi connectivity index (χ3v) is 2.81. The number of ether oxygens (including phenoxy) is 1. The van der Waals surface area contributed by atoms with E-state index in [-0.39, 0.29) is 12.4 Å². The topological polar surface area (TPSA) is 59.0 Å².